The predicted molar refractivity (Wildman–Crippen MR) is 78.5 cm³/mol. The summed E-state index contributed by atoms with van der Waals surface area (Å²) >= 11 is 0. The third-order valence-corrected chi connectivity index (χ3v) is 3.85. The molecule has 2 aromatic rings. The third-order valence-electron chi connectivity index (χ3n) is 3.85. The summed E-state index contributed by atoms with van der Waals surface area (Å²) in [4.78, 5) is 7.23. The van der Waals surface area contributed by atoms with Crippen molar-refractivity contribution in [2.75, 3.05) is 18.0 Å². The average molecular weight is 258 g/mol. The van der Waals surface area contributed by atoms with E-state index in [4.69, 9.17) is 10.7 Å². The lowest BCUT2D eigenvalue weighted by atomic mass is 10.2. The maximum atomic E-state index is 6.01. The van der Waals surface area contributed by atoms with Gasteiger partial charge in [-0.05, 0) is 31.4 Å². The van der Waals surface area contributed by atoms with Crippen LogP contribution in [0.25, 0.3) is 5.65 Å². The summed E-state index contributed by atoms with van der Waals surface area (Å²) in [6.07, 6.45) is 4.21. The van der Waals surface area contributed by atoms with Gasteiger partial charge in [-0.3, -0.25) is 0 Å². The van der Waals surface area contributed by atoms with Crippen molar-refractivity contribution in [3.8, 4) is 0 Å². The summed E-state index contributed by atoms with van der Waals surface area (Å²) in [6.45, 7) is 6.58. The summed E-state index contributed by atoms with van der Waals surface area (Å²) in [5, 5.41) is 0. The number of nitrogens with zero attached hydrogens (tertiary/aromatic N) is 3. The lowest BCUT2D eigenvalue weighted by Gasteiger charge is -2.18. The number of aromatic nitrogens is 2. The third kappa shape index (κ3) is 2.32. The molecule has 1 aliphatic heterocycles. The zero-order valence-electron chi connectivity index (χ0n) is 11.7. The second-order valence-corrected chi connectivity index (χ2v) is 5.83. The van der Waals surface area contributed by atoms with Crippen LogP contribution < -0.4 is 10.6 Å². The molecule has 4 nitrogen and oxygen atoms in total. The molecule has 0 aromatic carbocycles. The number of imidazole rings is 1. The fourth-order valence-electron chi connectivity index (χ4n) is 2.91. The van der Waals surface area contributed by atoms with Gasteiger partial charge in [0.2, 0.25) is 0 Å². The molecule has 1 fully saturated rings. The Balaban J connectivity index is 2.06. The first-order valence-corrected chi connectivity index (χ1v) is 7.11. The van der Waals surface area contributed by atoms with Gasteiger partial charge in [0.25, 0.3) is 0 Å². The average Bonchev–Trinajstić information content (AvgIpc) is 2.94. The van der Waals surface area contributed by atoms with E-state index in [-0.39, 0.29) is 6.04 Å². The molecular formula is C15H22N4. The van der Waals surface area contributed by atoms with Gasteiger partial charge in [0.1, 0.15) is 5.65 Å². The van der Waals surface area contributed by atoms with Crippen LogP contribution in [0.1, 0.15) is 26.0 Å². The molecule has 1 aliphatic rings. The molecule has 0 radical (unpaired) electrons. The van der Waals surface area contributed by atoms with Gasteiger partial charge in [0.15, 0.2) is 5.82 Å². The van der Waals surface area contributed by atoms with Gasteiger partial charge in [0.05, 0.1) is 5.69 Å². The van der Waals surface area contributed by atoms with Gasteiger partial charge < -0.3 is 15.0 Å². The molecule has 1 saturated heterocycles. The van der Waals surface area contributed by atoms with E-state index < -0.39 is 0 Å². The number of pyridine rings is 1. The normalized spacial score (nSPS) is 21.2. The highest BCUT2D eigenvalue weighted by molar-refractivity contribution is 5.56. The van der Waals surface area contributed by atoms with Gasteiger partial charge in [0, 0.05) is 31.7 Å². The maximum absolute atomic E-state index is 6.01. The van der Waals surface area contributed by atoms with Crippen LogP contribution in [0, 0.1) is 5.92 Å². The Morgan fingerprint density at radius 3 is 3.00 bits per heavy atom. The molecule has 0 amide bonds. The molecule has 0 saturated carbocycles. The summed E-state index contributed by atoms with van der Waals surface area (Å²) in [5.74, 6) is 1.89. The molecule has 2 atom stereocenters. The highest BCUT2D eigenvalue weighted by Crippen LogP contribution is 2.28. The quantitative estimate of drug-likeness (QED) is 0.916. The number of rotatable bonds is 3. The minimum Gasteiger partial charge on any atom is -0.355 e. The molecule has 4 heteroatoms. The number of nitrogens with two attached hydrogens (primary N) is 1. The van der Waals surface area contributed by atoms with E-state index in [2.05, 4.69) is 41.5 Å². The Hall–Kier alpha value is -1.55. The molecular weight excluding hydrogens is 236 g/mol. The van der Waals surface area contributed by atoms with Crippen molar-refractivity contribution in [1.82, 2.24) is 9.38 Å². The topological polar surface area (TPSA) is 46.6 Å². The highest BCUT2D eigenvalue weighted by atomic mass is 15.2. The van der Waals surface area contributed by atoms with Crippen molar-refractivity contribution in [3.63, 3.8) is 0 Å². The minimum absolute atomic E-state index is 0.152. The van der Waals surface area contributed by atoms with E-state index >= 15 is 0 Å². The van der Waals surface area contributed by atoms with Crippen molar-refractivity contribution in [2.24, 2.45) is 11.7 Å². The fraction of sp³-hybridized carbons (Fsp3) is 0.533. The standard InChI is InChI=1S/C15H22N4/c1-11-6-8-18(10-11)15-13(9-12(2)16)19-7-4-3-5-14(19)17-15/h3-5,7,11-12H,6,8-10,16H2,1-2H3. The summed E-state index contributed by atoms with van der Waals surface area (Å²) in [5.41, 5.74) is 8.28. The van der Waals surface area contributed by atoms with Gasteiger partial charge >= 0.3 is 0 Å². The Kier molecular flexibility index (Phi) is 3.19. The molecule has 2 aromatic heterocycles. The van der Waals surface area contributed by atoms with Crippen molar-refractivity contribution < 1.29 is 0 Å². The highest BCUT2D eigenvalue weighted by Gasteiger charge is 2.24. The van der Waals surface area contributed by atoms with Gasteiger partial charge in [-0.1, -0.05) is 13.0 Å². The largest absolute Gasteiger partial charge is 0.355 e. The van der Waals surface area contributed by atoms with Gasteiger partial charge in [-0.25, -0.2) is 4.98 Å². The Labute approximate surface area is 114 Å². The van der Waals surface area contributed by atoms with Crippen LogP contribution in [0.15, 0.2) is 24.4 Å². The Morgan fingerprint density at radius 1 is 1.47 bits per heavy atom. The number of anilines is 1. The van der Waals surface area contributed by atoms with E-state index in [0.717, 1.165) is 36.9 Å². The number of hydrogen-bond donors (Lipinski definition) is 1. The second kappa shape index (κ2) is 4.85. The van der Waals surface area contributed by atoms with E-state index in [1.165, 1.54) is 12.1 Å². The molecule has 0 bridgehead atoms. The van der Waals surface area contributed by atoms with Crippen LogP contribution in [0.2, 0.25) is 0 Å². The molecule has 0 spiro atoms. The molecule has 0 aliphatic carbocycles. The Morgan fingerprint density at radius 2 is 2.32 bits per heavy atom. The van der Waals surface area contributed by atoms with Crippen molar-refractivity contribution in [1.29, 1.82) is 0 Å². The van der Waals surface area contributed by atoms with Gasteiger partial charge in [-0.2, -0.15) is 0 Å². The number of fused-ring (bicyclic) bond motifs is 1. The SMILES string of the molecule is CC(N)Cc1c(N2CCC(C)C2)nc2ccccn12. The van der Waals surface area contributed by atoms with Crippen molar-refractivity contribution >= 4 is 11.5 Å². The van der Waals surface area contributed by atoms with Crippen LogP contribution in [-0.2, 0) is 6.42 Å². The Bertz CT molecular complexity index is 573. The van der Waals surface area contributed by atoms with E-state index in [0.29, 0.717) is 0 Å². The zero-order chi connectivity index (χ0) is 13.4. The lowest BCUT2D eigenvalue weighted by molar-refractivity contribution is 0.658. The second-order valence-electron chi connectivity index (χ2n) is 5.83. The minimum atomic E-state index is 0.152. The smallest absolute Gasteiger partial charge is 0.151 e. The van der Waals surface area contributed by atoms with E-state index in [1.54, 1.807) is 0 Å². The maximum Gasteiger partial charge on any atom is 0.151 e. The molecule has 3 heterocycles. The van der Waals surface area contributed by atoms with Crippen molar-refractivity contribution in [2.45, 2.75) is 32.7 Å². The molecule has 2 unspecified atom stereocenters. The number of hydrogen-bond acceptors (Lipinski definition) is 3. The van der Waals surface area contributed by atoms with Crippen LogP contribution in [-0.4, -0.2) is 28.5 Å². The zero-order valence-corrected chi connectivity index (χ0v) is 11.7. The summed E-state index contributed by atoms with van der Waals surface area (Å²) in [6, 6.07) is 6.30. The summed E-state index contributed by atoms with van der Waals surface area (Å²) < 4.78 is 2.18. The fourth-order valence-corrected chi connectivity index (χ4v) is 2.91. The molecule has 19 heavy (non-hydrogen) atoms. The van der Waals surface area contributed by atoms with E-state index in [9.17, 15) is 0 Å². The molecule has 3 rings (SSSR count). The first-order valence-electron chi connectivity index (χ1n) is 7.11. The summed E-state index contributed by atoms with van der Waals surface area (Å²) in [7, 11) is 0. The molecule has 2 N–H and O–H groups in total. The van der Waals surface area contributed by atoms with Crippen LogP contribution in [0.4, 0.5) is 5.82 Å². The first kappa shape index (κ1) is 12.5. The van der Waals surface area contributed by atoms with Crippen molar-refractivity contribution in [3.05, 3.63) is 30.1 Å². The predicted octanol–water partition coefficient (Wildman–Crippen LogP) is 2.07. The van der Waals surface area contributed by atoms with Crippen LogP contribution in [0.5, 0.6) is 0 Å². The van der Waals surface area contributed by atoms with Crippen LogP contribution in [0.3, 0.4) is 0 Å². The van der Waals surface area contributed by atoms with E-state index in [1.807, 2.05) is 6.07 Å². The monoisotopic (exact) mass is 258 g/mol. The van der Waals surface area contributed by atoms with Gasteiger partial charge in [-0.15, -0.1) is 0 Å². The lowest BCUT2D eigenvalue weighted by Crippen LogP contribution is -2.24. The molecule has 102 valence electrons. The first-order chi connectivity index (χ1) is 9.15. The van der Waals surface area contributed by atoms with Crippen LogP contribution >= 0.6 is 0 Å².